The minimum absolute atomic E-state index is 0.665. The van der Waals surface area contributed by atoms with E-state index < -0.39 is 0 Å². The predicted molar refractivity (Wildman–Crippen MR) is 62.0 cm³/mol. The Morgan fingerprint density at radius 2 is 2.00 bits per heavy atom. The first kappa shape index (κ1) is 10.9. The second-order valence-corrected chi connectivity index (χ2v) is 5.73. The minimum atomic E-state index is 0.665. The van der Waals surface area contributed by atoms with Crippen LogP contribution >= 0.6 is 15.9 Å². The summed E-state index contributed by atoms with van der Waals surface area (Å²) in [6.45, 7) is 1.89. The number of ether oxygens (including phenoxy) is 1. The smallest absolute Gasteiger partial charge is 0.0622 e. The van der Waals surface area contributed by atoms with Crippen LogP contribution in [0.2, 0.25) is 0 Å². The Bertz CT molecular complexity index is 182. The maximum absolute atomic E-state index is 5.45. The van der Waals surface area contributed by atoms with E-state index in [1.165, 1.54) is 32.1 Å². The van der Waals surface area contributed by atoms with Gasteiger partial charge in [-0.2, -0.15) is 0 Å². The average molecular weight is 262 g/mol. The number of hydrogen-bond acceptors (Lipinski definition) is 2. The molecular weight excluding hydrogens is 242 g/mol. The summed E-state index contributed by atoms with van der Waals surface area (Å²) in [5, 5.41) is 0. The van der Waals surface area contributed by atoms with Crippen LogP contribution in [0.15, 0.2) is 0 Å². The van der Waals surface area contributed by atoms with Gasteiger partial charge in [0, 0.05) is 23.5 Å². The predicted octanol–water partition coefficient (Wildman–Crippen LogP) is 2.41. The first-order valence-electron chi connectivity index (χ1n) is 5.73. The Kier molecular flexibility index (Phi) is 3.86. The largest absolute Gasteiger partial charge is 0.380 e. The van der Waals surface area contributed by atoms with Gasteiger partial charge in [-0.3, -0.25) is 4.90 Å². The zero-order valence-electron chi connectivity index (χ0n) is 8.92. The van der Waals surface area contributed by atoms with Gasteiger partial charge in [0.15, 0.2) is 0 Å². The van der Waals surface area contributed by atoms with E-state index in [9.17, 15) is 0 Å². The summed E-state index contributed by atoms with van der Waals surface area (Å²) in [6.07, 6.45) is 6.68. The van der Waals surface area contributed by atoms with Gasteiger partial charge in [0.2, 0.25) is 0 Å². The van der Waals surface area contributed by atoms with Crippen molar-refractivity contribution in [1.29, 1.82) is 0 Å². The highest BCUT2D eigenvalue weighted by Crippen LogP contribution is 2.30. The number of alkyl halides is 1. The zero-order valence-corrected chi connectivity index (χ0v) is 10.5. The molecule has 14 heavy (non-hydrogen) atoms. The van der Waals surface area contributed by atoms with Gasteiger partial charge in [-0.25, -0.2) is 0 Å². The van der Waals surface area contributed by atoms with E-state index in [0.29, 0.717) is 10.9 Å². The van der Waals surface area contributed by atoms with Crippen LogP contribution in [-0.4, -0.2) is 42.1 Å². The molecule has 1 heterocycles. The molecule has 1 aliphatic heterocycles. The molecule has 2 nitrogen and oxygen atoms in total. The van der Waals surface area contributed by atoms with Gasteiger partial charge in [-0.05, 0) is 26.3 Å². The molecule has 1 saturated carbocycles. The second kappa shape index (κ2) is 4.95. The maximum atomic E-state index is 5.45. The molecule has 3 atom stereocenters. The summed E-state index contributed by atoms with van der Waals surface area (Å²) in [7, 11) is 2.27. The molecule has 1 aliphatic carbocycles. The molecule has 0 amide bonds. The summed E-state index contributed by atoms with van der Waals surface area (Å²) in [4.78, 5) is 3.24. The van der Waals surface area contributed by atoms with E-state index in [4.69, 9.17) is 4.74 Å². The van der Waals surface area contributed by atoms with Gasteiger partial charge < -0.3 is 4.74 Å². The molecular formula is C11H20BrNO. The van der Waals surface area contributed by atoms with Crippen molar-refractivity contribution in [3.05, 3.63) is 0 Å². The van der Waals surface area contributed by atoms with Gasteiger partial charge in [-0.1, -0.05) is 28.8 Å². The molecule has 0 N–H and O–H groups in total. The fraction of sp³-hybridized carbons (Fsp3) is 1.00. The molecule has 0 spiro atoms. The third kappa shape index (κ3) is 2.31. The fourth-order valence-electron chi connectivity index (χ4n) is 2.64. The highest BCUT2D eigenvalue weighted by Gasteiger charge is 2.31. The first-order chi connectivity index (χ1) is 6.79. The summed E-state index contributed by atoms with van der Waals surface area (Å²) < 4.78 is 5.45. The van der Waals surface area contributed by atoms with Crippen LogP contribution in [0, 0.1) is 0 Å². The molecule has 3 heteroatoms. The number of hydrogen-bond donors (Lipinski definition) is 0. The highest BCUT2D eigenvalue weighted by molar-refractivity contribution is 9.09. The fourth-order valence-corrected chi connectivity index (χ4v) is 3.60. The van der Waals surface area contributed by atoms with Crippen LogP contribution < -0.4 is 0 Å². The lowest BCUT2D eigenvalue weighted by Crippen LogP contribution is -2.46. The van der Waals surface area contributed by atoms with Crippen LogP contribution in [0.5, 0.6) is 0 Å². The Morgan fingerprint density at radius 3 is 2.64 bits per heavy atom. The number of nitrogens with zero attached hydrogens (tertiary/aromatic N) is 1. The number of likely N-dealkylation sites (N-methyl/N-ethyl adjacent to an activating group) is 1. The van der Waals surface area contributed by atoms with E-state index in [0.717, 1.165) is 19.3 Å². The van der Waals surface area contributed by atoms with Crippen LogP contribution in [0.3, 0.4) is 0 Å². The summed E-state index contributed by atoms with van der Waals surface area (Å²) >= 11 is 3.82. The van der Waals surface area contributed by atoms with E-state index in [2.05, 4.69) is 27.9 Å². The molecule has 2 rings (SSSR count). The standard InChI is InChI=1S/C11H20BrNO/c1-13(9-6-7-14-8-9)11-5-3-2-4-10(11)12/h9-11H,2-8H2,1H3. The second-order valence-electron chi connectivity index (χ2n) is 4.55. The molecule has 82 valence electrons. The van der Waals surface area contributed by atoms with Crippen molar-refractivity contribution in [2.24, 2.45) is 0 Å². The van der Waals surface area contributed by atoms with E-state index >= 15 is 0 Å². The summed E-state index contributed by atoms with van der Waals surface area (Å²) in [6, 6.07) is 1.40. The quantitative estimate of drug-likeness (QED) is 0.709. The zero-order chi connectivity index (χ0) is 9.97. The Labute approximate surface area is 95.1 Å². The molecule has 0 radical (unpaired) electrons. The number of halogens is 1. The van der Waals surface area contributed by atoms with Crippen LogP contribution in [0.1, 0.15) is 32.1 Å². The van der Waals surface area contributed by atoms with Crippen molar-refractivity contribution in [3.8, 4) is 0 Å². The van der Waals surface area contributed by atoms with E-state index in [-0.39, 0.29) is 0 Å². The summed E-state index contributed by atoms with van der Waals surface area (Å²) in [5.74, 6) is 0. The van der Waals surface area contributed by atoms with Gasteiger partial charge >= 0.3 is 0 Å². The lowest BCUT2D eigenvalue weighted by molar-refractivity contribution is 0.117. The van der Waals surface area contributed by atoms with Crippen molar-refractivity contribution in [2.75, 3.05) is 20.3 Å². The average Bonchev–Trinajstić information content (AvgIpc) is 2.70. The maximum Gasteiger partial charge on any atom is 0.0622 e. The van der Waals surface area contributed by atoms with Crippen LogP contribution in [0.4, 0.5) is 0 Å². The van der Waals surface area contributed by atoms with Gasteiger partial charge in [0.25, 0.3) is 0 Å². The van der Waals surface area contributed by atoms with Crippen molar-refractivity contribution in [1.82, 2.24) is 4.90 Å². The van der Waals surface area contributed by atoms with Crippen LogP contribution in [-0.2, 0) is 4.74 Å². The normalized spacial score (nSPS) is 39.2. The molecule has 0 aromatic carbocycles. The van der Waals surface area contributed by atoms with E-state index in [1.54, 1.807) is 0 Å². The molecule has 1 saturated heterocycles. The van der Waals surface area contributed by atoms with Gasteiger partial charge in [-0.15, -0.1) is 0 Å². The molecule has 0 aromatic rings. The Morgan fingerprint density at radius 1 is 1.21 bits per heavy atom. The molecule has 0 bridgehead atoms. The molecule has 0 aromatic heterocycles. The monoisotopic (exact) mass is 261 g/mol. The van der Waals surface area contributed by atoms with Gasteiger partial charge in [0.05, 0.1) is 6.61 Å². The first-order valence-corrected chi connectivity index (χ1v) is 6.64. The summed E-state index contributed by atoms with van der Waals surface area (Å²) in [5.41, 5.74) is 0. The lowest BCUT2D eigenvalue weighted by atomic mass is 9.93. The topological polar surface area (TPSA) is 12.5 Å². The molecule has 3 unspecified atom stereocenters. The van der Waals surface area contributed by atoms with Crippen molar-refractivity contribution < 1.29 is 4.74 Å². The number of rotatable bonds is 2. The molecule has 2 fully saturated rings. The van der Waals surface area contributed by atoms with Crippen molar-refractivity contribution in [3.63, 3.8) is 0 Å². The third-order valence-electron chi connectivity index (χ3n) is 3.65. The van der Waals surface area contributed by atoms with Crippen molar-refractivity contribution >= 4 is 15.9 Å². The lowest BCUT2D eigenvalue weighted by Gasteiger charge is -2.38. The van der Waals surface area contributed by atoms with Gasteiger partial charge in [0.1, 0.15) is 0 Å². The molecule has 2 aliphatic rings. The Hall–Kier alpha value is 0.400. The van der Waals surface area contributed by atoms with Crippen molar-refractivity contribution in [2.45, 2.75) is 49.0 Å². The van der Waals surface area contributed by atoms with E-state index in [1.807, 2.05) is 0 Å². The third-order valence-corrected chi connectivity index (χ3v) is 4.72. The Balaban J connectivity index is 1.91. The van der Waals surface area contributed by atoms with Crippen LogP contribution in [0.25, 0.3) is 0 Å². The SMILES string of the molecule is CN(C1CCOC1)C1CCCCC1Br. The minimum Gasteiger partial charge on any atom is -0.380 e. The highest BCUT2D eigenvalue weighted by atomic mass is 79.9.